The monoisotopic (exact) mass is 417 g/mol. The van der Waals surface area contributed by atoms with Gasteiger partial charge in [-0.05, 0) is 46.4 Å². The van der Waals surface area contributed by atoms with Crippen molar-refractivity contribution in [3.8, 4) is 11.1 Å². The second-order valence-electron chi connectivity index (χ2n) is 6.45. The van der Waals surface area contributed by atoms with E-state index < -0.39 is 23.8 Å². The minimum absolute atomic E-state index is 0.0823. The first kappa shape index (κ1) is 22.1. The molecule has 0 aliphatic rings. The quantitative estimate of drug-likeness (QED) is 0.436. The van der Waals surface area contributed by atoms with E-state index in [0.29, 0.717) is 6.42 Å². The third-order valence-corrected chi connectivity index (χ3v) is 4.87. The van der Waals surface area contributed by atoms with E-state index in [1.54, 1.807) is 11.3 Å². The topological polar surface area (TPSA) is 139 Å². The fourth-order valence-corrected chi connectivity index (χ4v) is 3.32. The Bertz CT molecular complexity index is 850. The molecular weight excluding hydrogens is 394 g/mol. The van der Waals surface area contributed by atoms with Crippen molar-refractivity contribution < 1.29 is 24.3 Å². The van der Waals surface area contributed by atoms with Gasteiger partial charge in [0.1, 0.15) is 6.04 Å². The van der Waals surface area contributed by atoms with E-state index in [1.807, 2.05) is 35.7 Å². The van der Waals surface area contributed by atoms with Crippen LogP contribution in [-0.4, -0.2) is 41.4 Å². The van der Waals surface area contributed by atoms with Crippen LogP contribution in [-0.2, 0) is 25.6 Å². The molecular formula is C20H23N3O5S. The zero-order chi connectivity index (χ0) is 21.2. The van der Waals surface area contributed by atoms with Gasteiger partial charge in [-0.1, -0.05) is 24.3 Å². The molecule has 0 radical (unpaired) electrons. The average molecular weight is 417 g/mol. The average Bonchev–Trinajstić information content (AvgIpc) is 3.22. The highest BCUT2D eigenvalue weighted by Crippen LogP contribution is 2.22. The van der Waals surface area contributed by atoms with E-state index in [0.717, 1.165) is 16.7 Å². The lowest BCUT2D eigenvalue weighted by Crippen LogP contribution is -2.48. The van der Waals surface area contributed by atoms with Crippen molar-refractivity contribution in [2.45, 2.75) is 31.7 Å². The molecule has 3 amide bonds. The van der Waals surface area contributed by atoms with Gasteiger partial charge in [-0.3, -0.25) is 19.2 Å². The van der Waals surface area contributed by atoms with Crippen LogP contribution < -0.4 is 16.4 Å². The molecule has 8 nitrogen and oxygen atoms in total. The van der Waals surface area contributed by atoms with Crippen molar-refractivity contribution >= 4 is 35.0 Å². The predicted octanol–water partition coefficient (Wildman–Crippen LogP) is 1.30. The van der Waals surface area contributed by atoms with Gasteiger partial charge in [0, 0.05) is 12.8 Å². The molecule has 1 atom stereocenters. The van der Waals surface area contributed by atoms with Gasteiger partial charge in [-0.2, -0.15) is 11.3 Å². The Morgan fingerprint density at radius 1 is 1.03 bits per heavy atom. The molecule has 2 aromatic rings. The Morgan fingerprint density at radius 3 is 2.34 bits per heavy atom. The van der Waals surface area contributed by atoms with Crippen molar-refractivity contribution in [2.24, 2.45) is 5.73 Å². The summed E-state index contributed by atoms with van der Waals surface area (Å²) < 4.78 is 0. The number of hydrogen-bond donors (Lipinski definition) is 4. The number of carboxylic acids is 1. The molecule has 0 spiro atoms. The summed E-state index contributed by atoms with van der Waals surface area (Å²) in [7, 11) is 0. The van der Waals surface area contributed by atoms with Crippen LogP contribution in [0.3, 0.4) is 0 Å². The lowest BCUT2D eigenvalue weighted by Gasteiger charge is -2.17. The van der Waals surface area contributed by atoms with E-state index >= 15 is 0 Å². The lowest BCUT2D eigenvalue weighted by atomic mass is 10.0. The number of thiophene rings is 1. The first-order valence-electron chi connectivity index (χ1n) is 9.04. The number of nitrogens with one attached hydrogen (secondary N) is 2. The third-order valence-electron chi connectivity index (χ3n) is 4.18. The van der Waals surface area contributed by atoms with E-state index in [-0.39, 0.29) is 31.7 Å². The van der Waals surface area contributed by atoms with Crippen LogP contribution in [0.4, 0.5) is 0 Å². The van der Waals surface area contributed by atoms with Gasteiger partial charge < -0.3 is 21.5 Å². The first-order valence-corrected chi connectivity index (χ1v) is 9.98. The number of carbonyl (C=O) groups excluding carboxylic acids is 3. The molecule has 154 valence electrons. The zero-order valence-corrected chi connectivity index (χ0v) is 16.5. The van der Waals surface area contributed by atoms with E-state index in [2.05, 4.69) is 16.0 Å². The Kier molecular flexibility index (Phi) is 8.35. The van der Waals surface area contributed by atoms with Crippen molar-refractivity contribution in [3.63, 3.8) is 0 Å². The molecule has 1 aromatic carbocycles. The number of nitrogens with two attached hydrogens (primary N) is 1. The zero-order valence-electron chi connectivity index (χ0n) is 15.7. The number of rotatable bonds is 11. The van der Waals surface area contributed by atoms with Crippen LogP contribution in [0.5, 0.6) is 0 Å². The maximum Gasteiger partial charge on any atom is 0.303 e. The van der Waals surface area contributed by atoms with Gasteiger partial charge in [0.15, 0.2) is 0 Å². The highest BCUT2D eigenvalue weighted by molar-refractivity contribution is 7.08. The highest BCUT2D eigenvalue weighted by Gasteiger charge is 2.21. The SMILES string of the molecule is NC(=O)CNC(=O)[C@H](CCC(=O)O)NC(=O)CCc1ccc(-c2ccsc2)cc1. The summed E-state index contributed by atoms with van der Waals surface area (Å²) in [5, 5.41) is 17.7. The third kappa shape index (κ3) is 7.74. The Labute approximate surface area is 172 Å². The van der Waals surface area contributed by atoms with Crippen LogP contribution in [0.2, 0.25) is 0 Å². The molecule has 2 rings (SSSR count). The van der Waals surface area contributed by atoms with Gasteiger partial charge >= 0.3 is 5.97 Å². The smallest absolute Gasteiger partial charge is 0.303 e. The lowest BCUT2D eigenvalue weighted by molar-refractivity contribution is -0.138. The molecule has 5 N–H and O–H groups in total. The Balaban J connectivity index is 1.88. The normalized spacial score (nSPS) is 11.4. The maximum atomic E-state index is 12.2. The van der Waals surface area contributed by atoms with E-state index in [1.165, 1.54) is 0 Å². The maximum absolute atomic E-state index is 12.2. The van der Waals surface area contributed by atoms with E-state index in [4.69, 9.17) is 10.8 Å². The number of carbonyl (C=O) groups is 4. The van der Waals surface area contributed by atoms with Gasteiger partial charge in [0.05, 0.1) is 6.54 Å². The number of carboxylic acid groups (broad SMARTS) is 1. The Hall–Kier alpha value is -3.20. The molecule has 0 fully saturated rings. The highest BCUT2D eigenvalue weighted by atomic mass is 32.1. The van der Waals surface area contributed by atoms with Crippen LogP contribution >= 0.6 is 11.3 Å². The standard InChI is InChI=1S/C20H23N3O5S/c21-17(24)11-22-20(28)16(6-8-19(26)27)23-18(25)7-3-13-1-4-14(5-2-13)15-9-10-29-12-15/h1-2,4-5,9-10,12,16H,3,6-8,11H2,(H2,21,24)(H,22,28)(H,23,25)(H,26,27)/t16-/m0/s1. The van der Waals surface area contributed by atoms with Crippen molar-refractivity contribution in [3.05, 3.63) is 46.7 Å². The largest absolute Gasteiger partial charge is 0.481 e. The molecule has 1 aromatic heterocycles. The minimum atomic E-state index is -1.09. The molecule has 0 bridgehead atoms. The molecule has 1 heterocycles. The second-order valence-corrected chi connectivity index (χ2v) is 7.23. The van der Waals surface area contributed by atoms with Crippen molar-refractivity contribution in [2.75, 3.05) is 6.54 Å². The summed E-state index contributed by atoms with van der Waals surface area (Å²) >= 11 is 1.62. The number of aryl methyl sites for hydroxylation is 1. The van der Waals surface area contributed by atoms with Gasteiger partial charge in [-0.15, -0.1) is 0 Å². The first-order chi connectivity index (χ1) is 13.8. The minimum Gasteiger partial charge on any atom is -0.481 e. The van der Waals surface area contributed by atoms with Gasteiger partial charge in [0.25, 0.3) is 0 Å². The van der Waals surface area contributed by atoms with Crippen LogP contribution in [0.1, 0.15) is 24.8 Å². The molecule has 0 aliphatic carbocycles. The summed E-state index contributed by atoms with van der Waals surface area (Å²) in [5.41, 5.74) is 8.19. The molecule has 0 saturated carbocycles. The summed E-state index contributed by atoms with van der Waals surface area (Å²) in [5.74, 6) is -2.83. The molecule has 0 unspecified atom stereocenters. The predicted molar refractivity (Wildman–Crippen MR) is 109 cm³/mol. The summed E-state index contributed by atoms with van der Waals surface area (Å²) in [6.07, 6.45) is 0.245. The number of aliphatic carboxylic acids is 1. The summed E-state index contributed by atoms with van der Waals surface area (Å²) in [4.78, 5) is 45.9. The number of amides is 3. The summed E-state index contributed by atoms with van der Waals surface area (Å²) in [6.45, 7) is -0.380. The fourth-order valence-electron chi connectivity index (χ4n) is 2.65. The van der Waals surface area contributed by atoms with Crippen molar-refractivity contribution in [1.29, 1.82) is 0 Å². The van der Waals surface area contributed by atoms with Gasteiger partial charge in [-0.25, -0.2) is 0 Å². The summed E-state index contributed by atoms with van der Waals surface area (Å²) in [6, 6.07) is 8.86. The van der Waals surface area contributed by atoms with Crippen molar-refractivity contribution in [1.82, 2.24) is 10.6 Å². The molecule has 0 saturated heterocycles. The molecule has 29 heavy (non-hydrogen) atoms. The van der Waals surface area contributed by atoms with Crippen LogP contribution in [0.25, 0.3) is 11.1 Å². The van der Waals surface area contributed by atoms with Crippen LogP contribution in [0.15, 0.2) is 41.1 Å². The van der Waals surface area contributed by atoms with Crippen LogP contribution in [0, 0.1) is 0 Å². The number of benzene rings is 1. The molecule has 0 aliphatic heterocycles. The fraction of sp³-hybridized carbons (Fsp3) is 0.300. The van der Waals surface area contributed by atoms with Gasteiger partial charge in [0.2, 0.25) is 17.7 Å². The molecule has 9 heteroatoms. The second kappa shape index (κ2) is 11.0. The number of primary amides is 1. The Morgan fingerprint density at radius 2 is 1.76 bits per heavy atom. The van der Waals surface area contributed by atoms with E-state index in [9.17, 15) is 19.2 Å². The number of hydrogen-bond acceptors (Lipinski definition) is 5.